The van der Waals surface area contributed by atoms with Gasteiger partial charge in [0.05, 0.1) is 0 Å². The lowest BCUT2D eigenvalue weighted by atomic mass is 10.5. The normalized spacial score (nSPS) is 7.46. The van der Waals surface area contributed by atoms with Gasteiger partial charge >= 0.3 is 0 Å². The molecule has 0 unspecified atom stereocenters. The van der Waals surface area contributed by atoms with Crippen LogP contribution in [0.4, 0.5) is 0 Å². The summed E-state index contributed by atoms with van der Waals surface area (Å²) in [4.78, 5) is 10.2. The van der Waals surface area contributed by atoms with Crippen molar-refractivity contribution in [3.8, 4) is 0 Å². The number of carbonyl (C=O) groups is 1. The Balaban J connectivity index is 0. The van der Waals surface area contributed by atoms with Gasteiger partial charge in [-0.25, -0.2) is 0 Å². The highest BCUT2D eigenvalue weighted by Crippen LogP contribution is 1.92. The first-order valence-electron chi connectivity index (χ1n) is 4.43. The van der Waals surface area contributed by atoms with E-state index in [0.29, 0.717) is 5.69 Å². The molecule has 1 rings (SSSR count). The molecule has 1 aromatic rings. The van der Waals surface area contributed by atoms with Crippen LogP contribution in [0.15, 0.2) is 12.3 Å². The Hall–Kier alpha value is -1.16. The number of carbonyl (C=O) groups excluding carboxylic acids is 1. The van der Waals surface area contributed by atoms with Crippen molar-refractivity contribution in [1.29, 1.82) is 0 Å². The molecule has 4 nitrogen and oxygen atoms in total. The van der Waals surface area contributed by atoms with Gasteiger partial charge in [-0.05, 0) is 20.0 Å². The molecule has 76 valence electrons. The van der Waals surface area contributed by atoms with Crippen LogP contribution in [0, 0.1) is 0 Å². The summed E-state index contributed by atoms with van der Waals surface area (Å²) >= 11 is 0. The molecule has 0 bridgehead atoms. The molecule has 0 radical (unpaired) electrons. The predicted octanol–water partition coefficient (Wildman–Crippen LogP) is 1.32. The highest BCUT2D eigenvalue weighted by atomic mass is 16.1. The molecule has 0 saturated heterocycles. The van der Waals surface area contributed by atoms with Gasteiger partial charge in [0.15, 0.2) is 6.29 Å². The van der Waals surface area contributed by atoms with Gasteiger partial charge in [0.2, 0.25) is 0 Å². The van der Waals surface area contributed by atoms with Crippen molar-refractivity contribution in [2.45, 2.75) is 27.3 Å². The molecule has 0 spiro atoms. The second-order valence-electron chi connectivity index (χ2n) is 1.69. The zero-order valence-electron chi connectivity index (χ0n) is 8.82. The number of aldehydes is 1. The third kappa shape index (κ3) is 5.14. The van der Waals surface area contributed by atoms with Crippen LogP contribution >= 0.6 is 0 Å². The molecule has 0 atom stereocenters. The summed E-state index contributed by atoms with van der Waals surface area (Å²) in [5.74, 6) is 0. The first-order valence-corrected chi connectivity index (χ1v) is 4.43. The van der Waals surface area contributed by atoms with Gasteiger partial charge in [0.25, 0.3) is 0 Å². The average Bonchev–Trinajstić information content (AvgIpc) is 2.70. The van der Waals surface area contributed by atoms with Gasteiger partial charge in [0.1, 0.15) is 5.69 Å². The highest BCUT2D eigenvalue weighted by molar-refractivity contribution is 5.71. The fourth-order valence-electron chi connectivity index (χ4n) is 0.707. The molecule has 0 amide bonds. The number of aromatic nitrogens is 2. The molecule has 0 aliphatic carbocycles. The number of rotatable bonds is 2. The standard InChI is InChI=1S/C6H8N2O.C2H6.CH5N/c1-2-8-6(5-9)3-4-7-8;2*1-2/h3-5H,2H2,1H3;1-2H3;2H2,1H3. The van der Waals surface area contributed by atoms with Crippen molar-refractivity contribution in [2.24, 2.45) is 5.73 Å². The van der Waals surface area contributed by atoms with Gasteiger partial charge in [-0.1, -0.05) is 13.8 Å². The van der Waals surface area contributed by atoms with Crippen LogP contribution in [0.5, 0.6) is 0 Å². The topological polar surface area (TPSA) is 60.9 Å². The van der Waals surface area contributed by atoms with E-state index in [1.165, 1.54) is 7.05 Å². The molecule has 0 aliphatic heterocycles. The molecular weight excluding hydrogens is 166 g/mol. The SMILES string of the molecule is CC.CCn1nccc1C=O.CN. The molecule has 0 aliphatic rings. The second-order valence-corrected chi connectivity index (χ2v) is 1.69. The maximum absolute atomic E-state index is 10.2. The van der Waals surface area contributed by atoms with Crippen LogP contribution in [0.3, 0.4) is 0 Å². The summed E-state index contributed by atoms with van der Waals surface area (Å²) < 4.78 is 1.65. The van der Waals surface area contributed by atoms with E-state index in [-0.39, 0.29) is 0 Å². The van der Waals surface area contributed by atoms with E-state index in [9.17, 15) is 4.79 Å². The van der Waals surface area contributed by atoms with Crippen LogP contribution in [0.2, 0.25) is 0 Å². The average molecular weight is 185 g/mol. The monoisotopic (exact) mass is 185 g/mol. The summed E-state index contributed by atoms with van der Waals surface area (Å²) in [7, 11) is 1.50. The zero-order chi connectivity index (χ0) is 10.7. The van der Waals surface area contributed by atoms with E-state index in [0.717, 1.165) is 12.8 Å². The van der Waals surface area contributed by atoms with Gasteiger partial charge in [0, 0.05) is 12.7 Å². The minimum absolute atomic E-state index is 0.637. The summed E-state index contributed by atoms with van der Waals surface area (Å²) in [5, 5.41) is 3.89. The predicted molar refractivity (Wildman–Crippen MR) is 54.7 cm³/mol. The fourth-order valence-corrected chi connectivity index (χ4v) is 0.707. The van der Waals surface area contributed by atoms with E-state index in [1.54, 1.807) is 16.9 Å². The highest BCUT2D eigenvalue weighted by Gasteiger charge is 1.94. The van der Waals surface area contributed by atoms with Gasteiger partial charge < -0.3 is 5.73 Å². The van der Waals surface area contributed by atoms with Crippen molar-refractivity contribution in [1.82, 2.24) is 9.78 Å². The third-order valence-electron chi connectivity index (χ3n) is 1.17. The molecule has 0 aromatic carbocycles. The number of nitrogens with two attached hydrogens (primary N) is 1. The van der Waals surface area contributed by atoms with Gasteiger partial charge in [-0.3, -0.25) is 9.48 Å². The lowest BCUT2D eigenvalue weighted by molar-refractivity contribution is 0.111. The van der Waals surface area contributed by atoms with E-state index in [1.807, 2.05) is 20.8 Å². The largest absolute Gasteiger partial charge is 0.333 e. The molecule has 13 heavy (non-hydrogen) atoms. The summed E-state index contributed by atoms with van der Waals surface area (Å²) in [6, 6.07) is 1.69. The number of aryl methyl sites for hydroxylation is 1. The molecule has 0 saturated carbocycles. The van der Waals surface area contributed by atoms with Crippen LogP contribution in [-0.4, -0.2) is 23.1 Å². The Bertz CT molecular complexity index is 208. The summed E-state index contributed by atoms with van der Waals surface area (Å²) in [5.41, 5.74) is 5.14. The molecule has 4 heteroatoms. The molecule has 1 aromatic heterocycles. The molecule has 1 heterocycles. The van der Waals surface area contributed by atoms with Crippen molar-refractivity contribution < 1.29 is 4.79 Å². The van der Waals surface area contributed by atoms with Gasteiger partial charge in [-0.15, -0.1) is 0 Å². The number of hydrogen-bond acceptors (Lipinski definition) is 3. The molecule has 2 N–H and O–H groups in total. The maximum atomic E-state index is 10.2. The van der Waals surface area contributed by atoms with Gasteiger partial charge in [-0.2, -0.15) is 5.10 Å². The summed E-state index contributed by atoms with van der Waals surface area (Å²) in [6.45, 7) is 6.70. The first kappa shape index (κ1) is 14.4. The lowest BCUT2D eigenvalue weighted by Crippen LogP contribution is -2.00. The van der Waals surface area contributed by atoms with E-state index < -0.39 is 0 Å². The maximum Gasteiger partial charge on any atom is 0.168 e. The molecular formula is C9H19N3O. The van der Waals surface area contributed by atoms with E-state index in [2.05, 4.69) is 10.8 Å². The first-order chi connectivity index (χ1) is 6.38. The number of hydrogen-bond donors (Lipinski definition) is 1. The minimum Gasteiger partial charge on any atom is -0.333 e. The Morgan fingerprint density at radius 2 is 2.08 bits per heavy atom. The summed E-state index contributed by atoms with van der Waals surface area (Å²) in [6.07, 6.45) is 2.42. The molecule has 0 fully saturated rings. The smallest absolute Gasteiger partial charge is 0.168 e. The van der Waals surface area contributed by atoms with Crippen LogP contribution < -0.4 is 5.73 Å². The Morgan fingerprint density at radius 3 is 2.38 bits per heavy atom. The zero-order valence-corrected chi connectivity index (χ0v) is 8.82. The van der Waals surface area contributed by atoms with E-state index >= 15 is 0 Å². The third-order valence-corrected chi connectivity index (χ3v) is 1.17. The Labute approximate surface area is 79.7 Å². The Morgan fingerprint density at radius 1 is 1.54 bits per heavy atom. The quantitative estimate of drug-likeness (QED) is 0.707. The lowest BCUT2D eigenvalue weighted by Gasteiger charge is -1.94. The van der Waals surface area contributed by atoms with Crippen LogP contribution in [-0.2, 0) is 6.54 Å². The minimum atomic E-state index is 0.637. The Kier molecular flexibility index (Phi) is 12.0. The second kappa shape index (κ2) is 10.8. The van der Waals surface area contributed by atoms with Crippen LogP contribution in [0.25, 0.3) is 0 Å². The van der Waals surface area contributed by atoms with Crippen molar-refractivity contribution >= 4 is 6.29 Å². The fraction of sp³-hybridized carbons (Fsp3) is 0.556. The van der Waals surface area contributed by atoms with Crippen LogP contribution in [0.1, 0.15) is 31.3 Å². The van der Waals surface area contributed by atoms with Crippen molar-refractivity contribution in [3.63, 3.8) is 0 Å². The number of nitrogens with zero attached hydrogens (tertiary/aromatic N) is 2. The van der Waals surface area contributed by atoms with Crippen molar-refractivity contribution in [2.75, 3.05) is 7.05 Å². The van der Waals surface area contributed by atoms with Crippen molar-refractivity contribution in [3.05, 3.63) is 18.0 Å². The van der Waals surface area contributed by atoms with E-state index in [4.69, 9.17) is 0 Å².